The van der Waals surface area contributed by atoms with Crippen LogP contribution in [-0.2, 0) is 26.0 Å². The molecule has 7 nitrogen and oxygen atoms in total. The van der Waals surface area contributed by atoms with Gasteiger partial charge in [-0.25, -0.2) is 16.8 Å². The van der Waals surface area contributed by atoms with Crippen LogP contribution in [0, 0.1) is 0 Å². The summed E-state index contributed by atoms with van der Waals surface area (Å²) >= 11 is 0. The molecular weight excluding hydrogens is 505 g/mol. The summed E-state index contributed by atoms with van der Waals surface area (Å²) in [6, 6.07) is 7.46. The van der Waals surface area contributed by atoms with E-state index in [2.05, 4.69) is 12.2 Å². The molecule has 2 aromatic carbocycles. The molecule has 35 heavy (non-hydrogen) atoms. The highest BCUT2D eigenvalue weighted by Crippen LogP contribution is 2.33. The largest absolute Gasteiger partial charge is 0.416 e. The van der Waals surface area contributed by atoms with Gasteiger partial charge < -0.3 is 5.32 Å². The van der Waals surface area contributed by atoms with Gasteiger partial charge in [-0.1, -0.05) is 32.6 Å². The van der Waals surface area contributed by atoms with Crippen LogP contribution in [0.1, 0.15) is 54.9 Å². The predicted octanol–water partition coefficient (Wildman–Crippen LogP) is 5.10. The maximum atomic E-state index is 13.2. The fourth-order valence-corrected chi connectivity index (χ4v) is 5.19. The summed E-state index contributed by atoms with van der Waals surface area (Å²) in [4.78, 5) is 12.9. The number of hydrogen-bond acceptors (Lipinski definition) is 5. The van der Waals surface area contributed by atoms with E-state index in [1.165, 1.54) is 24.3 Å². The Morgan fingerprint density at radius 3 is 2.09 bits per heavy atom. The number of carbonyl (C=O) groups is 1. The van der Waals surface area contributed by atoms with Crippen LogP contribution in [0.3, 0.4) is 0 Å². The summed E-state index contributed by atoms with van der Waals surface area (Å²) in [5.74, 6) is -0.985. The Kier molecular flexibility index (Phi) is 9.35. The van der Waals surface area contributed by atoms with E-state index < -0.39 is 43.1 Å². The summed E-state index contributed by atoms with van der Waals surface area (Å²) < 4.78 is 89.2. The van der Waals surface area contributed by atoms with Crippen molar-refractivity contribution in [3.8, 4) is 0 Å². The molecule has 0 unspecified atom stereocenters. The number of sulfonamides is 1. The van der Waals surface area contributed by atoms with Gasteiger partial charge in [0.15, 0.2) is 9.84 Å². The Bertz CT molecular complexity index is 1240. The molecule has 1 N–H and O–H groups in total. The number of hydrogen-bond donors (Lipinski definition) is 1. The van der Waals surface area contributed by atoms with E-state index in [1.807, 2.05) is 0 Å². The SMILES string of the molecule is CCCCCCCS(=O)(=O)c1ccc(NC(=O)c2cc(C(F)(F)F)ccc2N(C)S(C)(=O)=O)cc1. The number of unbranched alkanes of at least 4 members (excludes halogenated alkanes) is 4. The van der Waals surface area contributed by atoms with Crippen molar-refractivity contribution in [2.45, 2.75) is 50.1 Å². The van der Waals surface area contributed by atoms with Crippen LogP contribution in [0.25, 0.3) is 0 Å². The van der Waals surface area contributed by atoms with Crippen molar-refractivity contribution in [1.29, 1.82) is 0 Å². The maximum absolute atomic E-state index is 13.2. The van der Waals surface area contributed by atoms with E-state index in [0.29, 0.717) is 22.9 Å². The third-order valence-electron chi connectivity index (χ3n) is 5.39. The van der Waals surface area contributed by atoms with Crippen LogP contribution in [-0.4, -0.2) is 41.8 Å². The van der Waals surface area contributed by atoms with Crippen LogP contribution in [0.5, 0.6) is 0 Å². The summed E-state index contributed by atoms with van der Waals surface area (Å²) in [6.07, 6.45) is 0.506. The fourth-order valence-electron chi connectivity index (χ4n) is 3.30. The normalized spacial score (nSPS) is 12.4. The molecule has 0 radical (unpaired) electrons. The number of benzene rings is 2. The van der Waals surface area contributed by atoms with E-state index in [-0.39, 0.29) is 22.0 Å². The maximum Gasteiger partial charge on any atom is 0.416 e. The van der Waals surface area contributed by atoms with E-state index in [0.717, 1.165) is 45.1 Å². The van der Waals surface area contributed by atoms with E-state index in [1.54, 1.807) is 0 Å². The summed E-state index contributed by atoms with van der Waals surface area (Å²) in [5, 5.41) is 2.41. The van der Waals surface area contributed by atoms with Crippen LogP contribution in [0.4, 0.5) is 24.5 Å². The van der Waals surface area contributed by atoms with Gasteiger partial charge in [0, 0.05) is 12.7 Å². The second kappa shape index (κ2) is 11.4. The van der Waals surface area contributed by atoms with Crippen molar-refractivity contribution in [3.05, 3.63) is 53.6 Å². The zero-order chi connectivity index (χ0) is 26.4. The zero-order valence-electron chi connectivity index (χ0n) is 19.7. The van der Waals surface area contributed by atoms with Crippen molar-refractivity contribution >= 4 is 37.1 Å². The standard InChI is InChI=1S/C23H29F3N2O5S2/c1-4-5-6-7-8-15-35(32,33)19-12-10-18(11-13-19)27-22(29)20-16-17(23(24,25)26)9-14-21(20)28(2)34(3,30)31/h9-14,16H,4-8,15H2,1-3H3,(H,27,29). The lowest BCUT2D eigenvalue weighted by Gasteiger charge is -2.21. The number of anilines is 2. The third kappa shape index (κ3) is 7.96. The molecule has 0 heterocycles. The molecule has 0 aliphatic carbocycles. The van der Waals surface area contributed by atoms with Crippen LogP contribution in [0.15, 0.2) is 47.4 Å². The number of nitrogens with zero attached hydrogens (tertiary/aromatic N) is 1. The first kappa shape index (κ1) is 28.6. The first-order chi connectivity index (χ1) is 16.2. The van der Waals surface area contributed by atoms with Gasteiger partial charge in [0.2, 0.25) is 10.0 Å². The minimum absolute atomic E-state index is 0.00611. The van der Waals surface area contributed by atoms with Crippen molar-refractivity contribution in [3.63, 3.8) is 0 Å². The summed E-state index contributed by atoms with van der Waals surface area (Å²) in [7, 11) is -6.25. The molecule has 12 heteroatoms. The average Bonchev–Trinajstić information content (AvgIpc) is 2.77. The molecule has 0 aliphatic rings. The highest BCUT2D eigenvalue weighted by atomic mass is 32.2. The number of sulfone groups is 1. The van der Waals surface area contributed by atoms with Crippen molar-refractivity contribution in [2.24, 2.45) is 0 Å². The van der Waals surface area contributed by atoms with Crippen molar-refractivity contribution in [1.82, 2.24) is 0 Å². The molecule has 0 saturated carbocycles. The van der Waals surface area contributed by atoms with Crippen molar-refractivity contribution in [2.75, 3.05) is 28.7 Å². The summed E-state index contributed by atoms with van der Waals surface area (Å²) in [5.41, 5.74) is -1.72. The summed E-state index contributed by atoms with van der Waals surface area (Å²) in [6.45, 7) is 2.06. The Morgan fingerprint density at radius 1 is 0.943 bits per heavy atom. The second-order valence-electron chi connectivity index (χ2n) is 8.17. The molecule has 0 bridgehead atoms. The van der Waals surface area contributed by atoms with Gasteiger partial charge in [-0.3, -0.25) is 9.10 Å². The number of amides is 1. The van der Waals surface area contributed by atoms with E-state index >= 15 is 0 Å². The van der Waals surface area contributed by atoms with Gasteiger partial charge >= 0.3 is 6.18 Å². The molecule has 0 fully saturated rings. The van der Waals surface area contributed by atoms with Gasteiger partial charge in [0.1, 0.15) is 0 Å². The lowest BCUT2D eigenvalue weighted by atomic mass is 10.1. The highest BCUT2D eigenvalue weighted by molar-refractivity contribution is 7.92. The predicted molar refractivity (Wildman–Crippen MR) is 130 cm³/mol. The van der Waals surface area contributed by atoms with Crippen LogP contribution < -0.4 is 9.62 Å². The number of halogens is 3. The van der Waals surface area contributed by atoms with E-state index in [4.69, 9.17) is 0 Å². The highest BCUT2D eigenvalue weighted by Gasteiger charge is 2.33. The monoisotopic (exact) mass is 534 g/mol. The second-order valence-corrected chi connectivity index (χ2v) is 12.3. The first-order valence-corrected chi connectivity index (χ1v) is 14.5. The lowest BCUT2D eigenvalue weighted by molar-refractivity contribution is -0.137. The molecular formula is C23H29F3N2O5S2. The third-order valence-corrected chi connectivity index (χ3v) is 8.40. The number of carbonyl (C=O) groups excluding carboxylic acids is 1. The van der Waals surface area contributed by atoms with Crippen LogP contribution >= 0.6 is 0 Å². The average molecular weight is 535 g/mol. The van der Waals surface area contributed by atoms with Gasteiger partial charge in [-0.05, 0) is 48.9 Å². The van der Waals surface area contributed by atoms with Gasteiger partial charge in [-0.2, -0.15) is 13.2 Å². The Hall–Kier alpha value is -2.60. The van der Waals surface area contributed by atoms with Gasteiger partial charge in [0.05, 0.1) is 33.7 Å². The smallest absolute Gasteiger partial charge is 0.322 e. The minimum Gasteiger partial charge on any atom is -0.322 e. The van der Waals surface area contributed by atoms with Gasteiger partial charge in [0.25, 0.3) is 5.91 Å². The quantitative estimate of drug-likeness (QED) is 0.405. The van der Waals surface area contributed by atoms with Crippen LogP contribution in [0.2, 0.25) is 0 Å². The van der Waals surface area contributed by atoms with Crippen molar-refractivity contribution < 1.29 is 34.8 Å². The molecule has 0 aromatic heterocycles. The Balaban J connectivity index is 2.26. The molecule has 2 aromatic rings. The Morgan fingerprint density at radius 2 is 1.54 bits per heavy atom. The molecule has 0 spiro atoms. The Labute approximate surface area is 204 Å². The topological polar surface area (TPSA) is 101 Å². The molecule has 0 atom stereocenters. The molecule has 0 aliphatic heterocycles. The molecule has 1 amide bonds. The number of nitrogens with one attached hydrogen (secondary N) is 1. The molecule has 2 rings (SSSR count). The van der Waals surface area contributed by atoms with Gasteiger partial charge in [-0.15, -0.1) is 0 Å². The lowest BCUT2D eigenvalue weighted by Crippen LogP contribution is -2.28. The minimum atomic E-state index is -4.75. The number of rotatable bonds is 11. The fraction of sp³-hybridized carbons (Fsp3) is 0.435. The molecule has 194 valence electrons. The van der Waals surface area contributed by atoms with E-state index in [9.17, 15) is 34.8 Å². The first-order valence-electron chi connectivity index (χ1n) is 11.0. The zero-order valence-corrected chi connectivity index (χ0v) is 21.4. The molecule has 0 saturated heterocycles. The number of alkyl halides is 3.